The Hall–Kier alpha value is -2.57. The molecule has 2 heterocycles. The molecule has 0 amide bonds. The van der Waals surface area contributed by atoms with Crippen molar-refractivity contribution in [2.75, 3.05) is 5.32 Å². The van der Waals surface area contributed by atoms with Crippen LogP contribution in [-0.4, -0.2) is 14.8 Å². The van der Waals surface area contributed by atoms with E-state index < -0.39 is 11.7 Å². The molecule has 23 heavy (non-hydrogen) atoms. The fraction of sp³-hybridized carbons (Fsp3) is 0.250. The van der Waals surface area contributed by atoms with Crippen LogP contribution in [-0.2, 0) is 19.8 Å². The summed E-state index contributed by atoms with van der Waals surface area (Å²) in [7, 11) is 1.80. The van der Waals surface area contributed by atoms with Gasteiger partial charge in [0.2, 0.25) is 0 Å². The number of anilines is 1. The first-order chi connectivity index (χ1) is 10.9. The van der Waals surface area contributed by atoms with Gasteiger partial charge >= 0.3 is 6.18 Å². The predicted octanol–water partition coefficient (Wildman–Crippen LogP) is 3.91. The van der Waals surface area contributed by atoms with Gasteiger partial charge in [-0.1, -0.05) is 6.07 Å². The minimum Gasteiger partial charge on any atom is -0.380 e. The number of alkyl halides is 3. The van der Waals surface area contributed by atoms with Crippen LogP contribution in [0.1, 0.15) is 16.7 Å². The van der Waals surface area contributed by atoms with E-state index in [1.807, 2.05) is 6.07 Å². The monoisotopic (exact) mass is 320 g/mol. The van der Waals surface area contributed by atoms with E-state index in [0.717, 1.165) is 28.4 Å². The third-order valence-electron chi connectivity index (χ3n) is 3.77. The fourth-order valence-corrected chi connectivity index (χ4v) is 2.46. The smallest absolute Gasteiger partial charge is 0.380 e. The van der Waals surface area contributed by atoms with Crippen LogP contribution in [0.3, 0.4) is 0 Å². The van der Waals surface area contributed by atoms with Crippen LogP contribution in [0.4, 0.5) is 18.9 Å². The average Bonchev–Trinajstić information content (AvgIpc) is 2.87. The summed E-state index contributed by atoms with van der Waals surface area (Å²) < 4.78 is 39.8. The SMILES string of the molecule is Cc1cc(C(F)(F)F)ccc1CNc1ccnc2c1cnn2C. The lowest BCUT2D eigenvalue weighted by Crippen LogP contribution is -2.07. The number of fused-ring (bicyclic) bond motifs is 1. The molecule has 0 aliphatic carbocycles. The van der Waals surface area contributed by atoms with Crippen molar-refractivity contribution in [2.24, 2.45) is 7.05 Å². The van der Waals surface area contributed by atoms with E-state index in [0.29, 0.717) is 12.1 Å². The van der Waals surface area contributed by atoms with Crippen molar-refractivity contribution in [2.45, 2.75) is 19.6 Å². The molecule has 0 fully saturated rings. The summed E-state index contributed by atoms with van der Waals surface area (Å²) in [4.78, 5) is 4.25. The van der Waals surface area contributed by atoms with Crippen LogP contribution in [0.2, 0.25) is 0 Å². The standard InChI is InChI=1S/C16H15F3N4/c1-10-7-12(16(17,18)19)4-3-11(10)8-21-14-5-6-20-15-13(14)9-22-23(15)2/h3-7,9H,8H2,1-2H3,(H,20,21). The molecule has 120 valence electrons. The van der Waals surface area contributed by atoms with Crippen LogP contribution in [0.5, 0.6) is 0 Å². The highest BCUT2D eigenvalue weighted by Crippen LogP contribution is 2.30. The third-order valence-corrected chi connectivity index (χ3v) is 3.77. The van der Waals surface area contributed by atoms with E-state index in [1.165, 1.54) is 12.1 Å². The minimum atomic E-state index is -4.32. The highest BCUT2D eigenvalue weighted by molar-refractivity contribution is 5.88. The molecular formula is C16H15F3N4. The van der Waals surface area contributed by atoms with Gasteiger partial charge in [0.05, 0.1) is 17.1 Å². The zero-order valence-electron chi connectivity index (χ0n) is 12.6. The highest BCUT2D eigenvalue weighted by atomic mass is 19.4. The van der Waals surface area contributed by atoms with Crippen molar-refractivity contribution in [1.82, 2.24) is 14.8 Å². The summed E-state index contributed by atoms with van der Waals surface area (Å²) in [5.41, 5.74) is 2.38. The second kappa shape index (κ2) is 5.57. The molecule has 0 saturated carbocycles. The molecule has 0 atom stereocenters. The summed E-state index contributed by atoms with van der Waals surface area (Å²) in [6, 6.07) is 5.61. The molecule has 0 spiro atoms. The van der Waals surface area contributed by atoms with Crippen LogP contribution < -0.4 is 5.32 Å². The van der Waals surface area contributed by atoms with Gasteiger partial charge in [-0.05, 0) is 36.2 Å². The van der Waals surface area contributed by atoms with Gasteiger partial charge in [0.1, 0.15) is 0 Å². The molecule has 1 aromatic carbocycles. The van der Waals surface area contributed by atoms with Crippen molar-refractivity contribution >= 4 is 16.7 Å². The van der Waals surface area contributed by atoms with Crippen molar-refractivity contribution in [1.29, 1.82) is 0 Å². The molecule has 7 heteroatoms. The van der Waals surface area contributed by atoms with Crippen molar-refractivity contribution in [3.8, 4) is 0 Å². The zero-order chi connectivity index (χ0) is 16.6. The second-order valence-corrected chi connectivity index (χ2v) is 5.36. The number of aryl methyl sites for hydroxylation is 2. The topological polar surface area (TPSA) is 42.7 Å². The molecule has 0 radical (unpaired) electrons. The van der Waals surface area contributed by atoms with Crippen LogP contribution in [0.15, 0.2) is 36.7 Å². The number of rotatable bonds is 3. The van der Waals surface area contributed by atoms with Gasteiger partial charge in [0.15, 0.2) is 5.65 Å². The van der Waals surface area contributed by atoms with E-state index >= 15 is 0 Å². The van der Waals surface area contributed by atoms with E-state index in [1.54, 1.807) is 31.0 Å². The average molecular weight is 320 g/mol. The number of pyridine rings is 1. The Morgan fingerprint density at radius 2 is 2.00 bits per heavy atom. The molecular weight excluding hydrogens is 305 g/mol. The lowest BCUT2D eigenvalue weighted by Gasteiger charge is -2.13. The van der Waals surface area contributed by atoms with Gasteiger partial charge in [0.25, 0.3) is 0 Å². The Morgan fingerprint density at radius 3 is 2.70 bits per heavy atom. The summed E-state index contributed by atoms with van der Waals surface area (Å²) >= 11 is 0. The first-order valence-electron chi connectivity index (χ1n) is 7.03. The number of hydrogen-bond acceptors (Lipinski definition) is 3. The lowest BCUT2D eigenvalue weighted by molar-refractivity contribution is -0.137. The van der Waals surface area contributed by atoms with E-state index in [2.05, 4.69) is 15.4 Å². The quantitative estimate of drug-likeness (QED) is 0.796. The fourth-order valence-electron chi connectivity index (χ4n) is 2.46. The molecule has 3 aromatic rings. The van der Waals surface area contributed by atoms with E-state index in [4.69, 9.17) is 0 Å². The van der Waals surface area contributed by atoms with Crippen LogP contribution in [0, 0.1) is 6.92 Å². The second-order valence-electron chi connectivity index (χ2n) is 5.36. The first kappa shape index (κ1) is 15.3. The number of nitrogens with zero attached hydrogens (tertiary/aromatic N) is 3. The first-order valence-corrected chi connectivity index (χ1v) is 7.03. The molecule has 0 aliphatic rings. The number of aromatic nitrogens is 3. The molecule has 4 nitrogen and oxygen atoms in total. The molecule has 0 unspecified atom stereocenters. The van der Waals surface area contributed by atoms with Gasteiger partial charge in [-0.3, -0.25) is 4.68 Å². The summed E-state index contributed by atoms with van der Waals surface area (Å²) in [5, 5.41) is 8.27. The van der Waals surface area contributed by atoms with Crippen LogP contribution >= 0.6 is 0 Å². The third kappa shape index (κ3) is 2.99. The van der Waals surface area contributed by atoms with E-state index in [9.17, 15) is 13.2 Å². The van der Waals surface area contributed by atoms with Gasteiger partial charge in [0, 0.05) is 25.5 Å². The Kier molecular flexibility index (Phi) is 3.71. The summed E-state index contributed by atoms with van der Waals surface area (Å²) in [6.45, 7) is 2.11. The Balaban J connectivity index is 1.83. The molecule has 2 aromatic heterocycles. The highest BCUT2D eigenvalue weighted by Gasteiger charge is 2.30. The Morgan fingerprint density at radius 1 is 1.22 bits per heavy atom. The van der Waals surface area contributed by atoms with Crippen LogP contribution in [0.25, 0.3) is 11.0 Å². The van der Waals surface area contributed by atoms with Crippen molar-refractivity contribution < 1.29 is 13.2 Å². The van der Waals surface area contributed by atoms with Gasteiger partial charge in [-0.15, -0.1) is 0 Å². The normalized spacial score (nSPS) is 11.9. The molecule has 3 rings (SSSR count). The predicted molar refractivity (Wildman–Crippen MR) is 82.0 cm³/mol. The summed E-state index contributed by atoms with van der Waals surface area (Å²) in [6.07, 6.45) is -0.931. The number of hydrogen-bond donors (Lipinski definition) is 1. The maximum Gasteiger partial charge on any atom is 0.416 e. The summed E-state index contributed by atoms with van der Waals surface area (Å²) in [5.74, 6) is 0. The van der Waals surface area contributed by atoms with Gasteiger partial charge in [-0.2, -0.15) is 18.3 Å². The lowest BCUT2D eigenvalue weighted by atomic mass is 10.0. The zero-order valence-corrected chi connectivity index (χ0v) is 12.6. The minimum absolute atomic E-state index is 0.429. The number of nitrogens with one attached hydrogen (secondary N) is 1. The molecule has 0 saturated heterocycles. The molecule has 0 bridgehead atoms. The van der Waals surface area contributed by atoms with Gasteiger partial charge < -0.3 is 5.32 Å². The molecule has 0 aliphatic heterocycles. The van der Waals surface area contributed by atoms with E-state index in [-0.39, 0.29) is 0 Å². The van der Waals surface area contributed by atoms with Gasteiger partial charge in [-0.25, -0.2) is 4.98 Å². The largest absolute Gasteiger partial charge is 0.416 e. The number of halogens is 3. The number of benzene rings is 1. The van der Waals surface area contributed by atoms with Crippen molar-refractivity contribution in [3.05, 3.63) is 53.3 Å². The maximum absolute atomic E-state index is 12.7. The molecule has 1 N–H and O–H groups in total. The maximum atomic E-state index is 12.7. The Bertz CT molecular complexity index is 852. The van der Waals surface area contributed by atoms with Crippen molar-refractivity contribution in [3.63, 3.8) is 0 Å². The Labute approximate surface area is 131 Å².